The average molecular weight is 537 g/mol. The first-order valence-corrected chi connectivity index (χ1v) is 16.0. The van der Waals surface area contributed by atoms with E-state index in [2.05, 4.69) is 33.9 Å². The molecule has 0 aromatic carbocycles. The summed E-state index contributed by atoms with van der Waals surface area (Å²) in [6.45, 7) is 14.3. The molecule has 4 heteroatoms. The molecule has 0 amide bonds. The predicted molar refractivity (Wildman–Crippen MR) is 165 cm³/mol. The summed E-state index contributed by atoms with van der Waals surface area (Å²) in [4.78, 5) is 21.3. The lowest BCUT2D eigenvalue weighted by atomic mass is 10.0. The molecule has 0 aromatic heterocycles. The lowest BCUT2D eigenvalue weighted by Crippen LogP contribution is -2.08. The number of carbonyl (C=O) groups excluding carboxylic acids is 1. The molecule has 224 valence electrons. The smallest absolute Gasteiger partial charge is 0.333 e. The number of hydrogen-bond donors (Lipinski definition) is 1. The Morgan fingerprint density at radius 1 is 0.684 bits per heavy atom. The molecule has 0 heterocycles. The van der Waals surface area contributed by atoms with Crippen LogP contribution in [0.3, 0.4) is 0 Å². The number of aliphatic carboxylic acids is 1. The van der Waals surface area contributed by atoms with E-state index in [4.69, 9.17) is 9.84 Å². The van der Waals surface area contributed by atoms with Crippen LogP contribution in [-0.4, -0.2) is 23.7 Å². The summed E-state index contributed by atoms with van der Waals surface area (Å²) in [5.41, 5.74) is 0.664. The number of carboxylic acids is 1. The molecule has 0 saturated heterocycles. The van der Waals surface area contributed by atoms with Crippen molar-refractivity contribution < 1.29 is 19.4 Å². The van der Waals surface area contributed by atoms with Crippen molar-refractivity contribution >= 4 is 11.9 Å². The fourth-order valence-electron chi connectivity index (χ4n) is 4.44. The highest BCUT2D eigenvalue weighted by Gasteiger charge is 2.08. The van der Waals surface area contributed by atoms with Crippen molar-refractivity contribution in [2.45, 2.75) is 168 Å². The summed E-state index contributed by atoms with van der Waals surface area (Å²) in [6, 6.07) is 0. The second-order valence-electron chi connectivity index (χ2n) is 11.3. The maximum Gasteiger partial charge on any atom is 0.333 e. The summed E-state index contributed by atoms with van der Waals surface area (Å²) >= 11 is 0. The highest BCUT2D eigenvalue weighted by atomic mass is 16.5. The van der Waals surface area contributed by atoms with E-state index in [1.54, 1.807) is 0 Å². The van der Waals surface area contributed by atoms with Crippen LogP contribution in [0.15, 0.2) is 24.8 Å². The SMILES string of the molecule is C=C(CCCCCCCCCCCCCCCCCC)C(=O)OCCCCCCCC(C)C.C=CC(=O)O. The van der Waals surface area contributed by atoms with E-state index in [0.29, 0.717) is 12.2 Å². The zero-order chi connectivity index (χ0) is 28.7. The largest absolute Gasteiger partial charge is 0.478 e. The van der Waals surface area contributed by atoms with Crippen LogP contribution in [0.2, 0.25) is 0 Å². The lowest BCUT2D eigenvalue weighted by Gasteiger charge is -2.08. The first-order valence-electron chi connectivity index (χ1n) is 16.0. The Kier molecular flexibility index (Phi) is 32.1. The normalized spacial score (nSPS) is 10.6. The molecule has 0 aliphatic carbocycles. The number of unbranched alkanes of at least 4 members (excludes halogenated alkanes) is 19. The number of carbonyl (C=O) groups is 2. The van der Waals surface area contributed by atoms with Crippen LogP contribution in [0.4, 0.5) is 0 Å². The highest BCUT2D eigenvalue weighted by molar-refractivity contribution is 5.87. The monoisotopic (exact) mass is 536 g/mol. The van der Waals surface area contributed by atoms with Crippen LogP contribution >= 0.6 is 0 Å². The van der Waals surface area contributed by atoms with Gasteiger partial charge in [-0.15, -0.1) is 0 Å². The molecule has 0 atom stereocenters. The molecule has 0 bridgehead atoms. The van der Waals surface area contributed by atoms with Gasteiger partial charge >= 0.3 is 11.9 Å². The van der Waals surface area contributed by atoms with E-state index >= 15 is 0 Å². The molecule has 0 aliphatic rings. The molecule has 0 radical (unpaired) electrons. The summed E-state index contributed by atoms with van der Waals surface area (Å²) < 4.78 is 5.39. The topological polar surface area (TPSA) is 63.6 Å². The second-order valence-corrected chi connectivity index (χ2v) is 11.3. The van der Waals surface area contributed by atoms with Gasteiger partial charge in [-0.3, -0.25) is 0 Å². The minimum atomic E-state index is -0.981. The number of hydrogen-bond acceptors (Lipinski definition) is 3. The average Bonchev–Trinajstić information content (AvgIpc) is 2.89. The molecule has 0 aromatic rings. The van der Waals surface area contributed by atoms with Gasteiger partial charge in [-0.05, 0) is 25.2 Å². The third kappa shape index (κ3) is 34.4. The molecule has 0 aliphatic heterocycles. The molecule has 38 heavy (non-hydrogen) atoms. The van der Waals surface area contributed by atoms with Gasteiger partial charge in [-0.1, -0.05) is 162 Å². The second kappa shape index (κ2) is 31.6. The Labute approximate surface area is 237 Å². The van der Waals surface area contributed by atoms with E-state index in [1.165, 1.54) is 122 Å². The molecule has 0 spiro atoms. The molecule has 0 saturated carbocycles. The highest BCUT2D eigenvalue weighted by Crippen LogP contribution is 2.16. The van der Waals surface area contributed by atoms with Gasteiger partial charge in [0.25, 0.3) is 0 Å². The summed E-state index contributed by atoms with van der Waals surface area (Å²) in [5, 5.41) is 7.60. The van der Waals surface area contributed by atoms with Crippen LogP contribution < -0.4 is 0 Å². The fourth-order valence-corrected chi connectivity index (χ4v) is 4.44. The lowest BCUT2D eigenvalue weighted by molar-refractivity contribution is -0.139. The van der Waals surface area contributed by atoms with Gasteiger partial charge in [0.2, 0.25) is 0 Å². The van der Waals surface area contributed by atoms with E-state index in [9.17, 15) is 9.59 Å². The van der Waals surface area contributed by atoms with Crippen molar-refractivity contribution in [1.82, 2.24) is 0 Å². The Hall–Kier alpha value is -1.58. The van der Waals surface area contributed by atoms with Crippen LogP contribution in [-0.2, 0) is 14.3 Å². The Balaban J connectivity index is 0. The zero-order valence-corrected chi connectivity index (χ0v) is 25.7. The van der Waals surface area contributed by atoms with E-state index in [0.717, 1.165) is 37.7 Å². The van der Waals surface area contributed by atoms with Gasteiger partial charge in [-0.2, -0.15) is 0 Å². The van der Waals surface area contributed by atoms with Gasteiger partial charge < -0.3 is 9.84 Å². The van der Waals surface area contributed by atoms with Crippen LogP contribution in [0.25, 0.3) is 0 Å². The fraction of sp³-hybridized carbons (Fsp3) is 0.824. The number of carboxylic acid groups (broad SMARTS) is 1. The van der Waals surface area contributed by atoms with Crippen molar-refractivity contribution in [2.75, 3.05) is 6.61 Å². The zero-order valence-electron chi connectivity index (χ0n) is 25.7. The molecule has 0 unspecified atom stereocenters. The summed E-state index contributed by atoms with van der Waals surface area (Å²) in [7, 11) is 0. The van der Waals surface area contributed by atoms with Gasteiger partial charge in [0.05, 0.1) is 6.61 Å². The van der Waals surface area contributed by atoms with Crippen molar-refractivity contribution in [2.24, 2.45) is 5.92 Å². The molecule has 0 fully saturated rings. The third-order valence-corrected chi connectivity index (χ3v) is 6.95. The standard InChI is InChI=1S/C31H60O2.C3H4O2/c1-5-6-7-8-9-10-11-12-13-14-15-16-17-18-21-24-27-30(4)31(32)33-28-25-22-19-20-23-26-29(2)3;1-2-3(4)5/h29H,4-28H2,1-3H3;2H,1H2,(H,4,5). The quantitative estimate of drug-likeness (QED) is 0.0644. The van der Waals surface area contributed by atoms with E-state index in [1.807, 2.05) is 0 Å². The van der Waals surface area contributed by atoms with Crippen molar-refractivity contribution in [1.29, 1.82) is 0 Å². The summed E-state index contributed by atoms with van der Waals surface area (Å²) in [5.74, 6) is -0.341. The molecule has 4 nitrogen and oxygen atoms in total. The molecule has 0 rings (SSSR count). The van der Waals surface area contributed by atoms with Gasteiger partial charge in [0.15, 0.2) is 0 Å². The maximum atomic E-state index is 12.0. The van der Waals surface area contributed by atoms with E-state index in [-0.39, 0.29) is 5.97 Å². The maximum absolute atomic E-state index is 12.0. The van der Waals surface area contributed by atoms with Crippen LogP contribution in [0, 0.1) is 5.92 Å². The Morgan fingerprint density at radius 3 is 1.45 bits per heavy atom. The van der Waals surface area contributed by atoms with Gasteiger partial charge in [0.1, 0.15) is 0 Å². The minimum absolute atomic E-state index is 0.171. The van der Waals surface area contributed by atoms with Crippen LogP contribution in [0.1, 0.15) is 168 Å². The molecule has 1 N–H and O–H groups in total. The number of esters is 1. The Bertz CT molecular complexity index is 553. The van der Waals surface area contributed by atoms with Gasteiger partial charge in [-0.25, -0.2) is 9.59 Å². The number of rotatable bonds is 27. The first-order chi connectivity index (χ1) is 18.3. The van der Waals surface area contributed by atoms with Crippen molar-refractivity contribution in [3.63, 3.8) is 0 Å². The van der Waals surface area contributed by atoms with E-state index < -0.39 is 5.97 Å². The molecular formula is C34H64O4. The minimum Gasteiger partial charge on any atom is -0.478 e. The predicted octanol–water partition coefficient (Wildman–Crippen LogP) is 11.0. The first kappa shape index (κ1) is 38.6. The van der Waals surface area contributed by atoms with Crippen molar-refractivity contribution in [3.05, 3.63) is 24.8 Å². The Morgan fingerprint density at radius 2 is 1.05 bits per heavy atom. The van der Waals surface area contributed by atoms with Gasteiger partial charge in [0, 0.05) is 11.6 Å². The molecular weight excluding hydrogens is 472 g/mol. The number of ether oxygens (including phenoxy) is 1. The van der Waals surface area contributed by atoms with Crippen LogP contribution in [0.5, 0.6) is 0 Å². The summed E-state index contributed by atoms with van der Waals surface area (Å²) in [6.07, 6.45) is 30.9. The van der Waals surface area contributed by atoms with Crippen molar-refractivity contribution in [3.8, 4) is 0 Å². The third-order valence-electron chi connectivity index (χ3n) is 6.95.